The number of aromatic nitrogens is 3. The molecule has 7 nitrogen and oxygen atoms in total. The van der Waals surface area contributed by atoms with E-state index < -0.39 is 11.6 Å². The minimum atomic E-state index is -0.577. The number of carbonyl (C=O) groups excluding carboxylic acids is 1. The lowest BCUT2D eigenvalue weighted by molar-refractivity contribution is -0.137. The highest BCUT2D eigenvalue weighted by Crippen LogP contribution is 2.44. The smallest absolute Gasteiger partial charge is 0.248 e. The van der Waals surface area contributed by atoms with E-state index in [-0.39, 0.29) is 23.8 Å². The first-order valence-corrected chi connectivity index (χ1v) is 9.73. The molecule has 0 aliphatic carbocycles. The van der Waals surface area contributed by atoms with Gasteiger partial charge in [-0.3, -0.25) is 14.8 Å². The Labute approximate surface area is 168 Å². The average Bonchev–Trinajstić information content (AvgIpc) is 3.24. The maximum atomic E-state index is 13.6. The summed E-state index contributed by atoms with van der Waals surface area (Å²) in [6.45, 7) is 4.93. The quantitative estimate of drug-likeness (QED) is 0.819. The van der Waals surface area contributed by atoms with E-state index in [0.717, 1.165) is 24.1 Å². The number of likely N-dealkylation sites (tertiary alicyclic amines) is 2. The number of aryl methyl sites for hydroxylation is 1. The first-order valence-electron chi connectivity index (χ1n) is 9.73. The Kier molecular flexibility index (Phi) is 5.35. The third kappa shape index (κ3) is 3.89. The van der Waals surface area contributed by atoms with Gasteiger partial charge in [-0.15, -0.1) is 0 Å². The highest BCUT2D eigenvalue weighted by molar-refractivity contribution is 5.77. The molecule has 1 N–H and O–H groups in total. The summed E-state index contributed by atoms with van der Waals surface area (Å²) in [5, 5.41) is 7.37. The van der Waals surface area contributed by atoms with E-state index in [0.29, 0.717) is 38.3 Å². The fraction of sp³-hybridized carbons (Fsp3) is 0.550. The zero-order chi connectivity index (χ0) is 20.6. The maximum Gasteiger partial charge on any atom is 0.248 e. The average molecular weight is 405 g/mol. The lowest BCUT2D eigenvalue weighted by atomic mass is 9.72. The maximum absolute atomic E-state index is 13.6. The summed E-state index contributed by atoms with van der Waals surface area (Å²) in [6.07, 6.45) is 0.735. The molecule has 2 fully saturated rings. The van der Waals surface area contributed by atoms with E-state index in [2.05, 4.69) is 20.1 Å². The van der Waals surface area contributed by atoms with Crippen molar-refractivity contribution < 1.29 is 18.3 Å². The SMILES string of the molecule is COCC(=O)N1CC[C@@]2(c3n[nH]c(C)n3)CN(Cc3cc(F)cc(F)c3)C[C@H]2C1. The Balaban J connectivity index is 1.58. The number of rotatable bonds is 5. The molecule has 1 amide bonds. The van der Waals surface area contributed by atoms with Crippen LogP contribution in [0.3, 0.4) is 0 Å². The first kappa shape index (κ1) is 19.9. The molecule has 1 aromatic heterocycles. The number of benzene rings is 1. The molecule has 9 heteroatoms. The van der Waals surface area contributed by atoms with Crippen LogP contribution in [0.4, 0.5) is 8.78 Å². The topological polar surface area (TPSA) is 74.3 Å². The first-order chi connectivity index (χ1) is 13.9. The second kappa shape index (κ2) is 7.79. The molecule has 0 spiro atoms. The van der Waals surface area contributed by atoms with Crippen LogP contribution >= 0.6 is 0 Å². The predicted molar refractivity (Wildman–Crippen MR) is 101 cm³/mol. The summed E-state index contributed by atoms with van der Waals surface area (Å²) >= 11 is 0. The third-order valence-corrected chi connectivity index (χ3v) is 6.03. The number of hydrogen-bond acceptors (Lipinski definition) is 5. The Morgan fingerprint density at radius 1 is 1.31 bits per heavy atom. The number of fused-ring (bicyclic) bond motifs is 1. The summed E-state index contributed by atoms with van der Waals surface area (Å²) in [5.74, 6) is 0.450. The van der Waals surface area contributed by atoms with Gasteiger partial charge in [0.15, 0.2) is 5.82 Å². The Morgan fingerprint density at radius 2 is 2.07 bits per heavy atom. The van der Waals surface area contributed by atoms with E-state index in [9.17, 15) is 13.6 Å². The Bertz CT molecular complexity index is 884. The number of aromatic amines is 1. The second-order valence-electron chi connectivity index (χ2n) is 8.07. The highest BCUT2D eigenvalue weighted by Gasteiger charge is 2.53. The van der Waals surface area contributed by atoms with Gasteiger partial charge in [0.05, 0.1) is 5.41 Å². The molecule has 29 heavy (non-hydrogen) atoms. The van der Waals surface area contributed by atoms with E-state index in [1.165, 1.54) is 19.2 Å². The van der Waals surface area contributed by atoms with Crippen molar-refractivity contribution in [2.24, 2.45) is 5.92 Å². The van der Waals surface area contributed by atoms with Crippen molar-refractivity contribution in [2.45, 2.75) is 25.3 Å². The van der Waals surface area contributed by atoms with E-state index >= 15 is 0 Å². The summed E-state index contributed by atoms with van der Waals surface area (Å²) in [6, 6.07) is 3.61. The van der Waals surface area contributed by atoms with Crippen LogP contribution in [0.15, 0.2) is 18.2 Å². The minimum absolute atomic E-state index is 0.0297. The van der Waals surface area contributed by atoms with Gasteiger partial charge >= 0.3 is 0 Å². The molecule has 2 aliphatic heterocycles. The second-order valence-corrected chi connectivity index (χ2v) is 8.07. The molecule has 156 valence electrons. The molecular weight excluding hydrogens is 380 g/mol. The highest BCUT2D eigenvalue weighted by atomic mass is 19.1. The standard InChI is InChI=1S/C20H25F2N5O2/c1-13-23-19(25-24-13)20-3-4-27(18(28)11-29-2)10-15(20)9-26(12-20)8-14-5-16(21)7-17(22)6-14/h5-7,15H,3-4,8-12H2,1-2H3,(H,23,24,25)/t15-,20+/m0/s1. The summed E-state index contributed by atoms with van der Waals surface area (Å²) in [4.78, 5) is 21.0. The van der Waals surface area contributed by atoms with Crippen molar-refractivity contribution in [3.8, 4) is 0 Å². The molecule has 0 bridgehead atoms. The molecule has 0 radical (unpaired) electrons. The summed E-state index contributed by atoms with van der Waals surface area (Å²) in [7, 11) is 1.51. The van der Waals surface area contributed by atoms with Crippen molar-refractivity contribution in [3.05, 3.63) is 47.0 Å². The van der Waals surface area contributed by atoms with Gasteiger partial charge in [0.25, 0.3) is 0 Å². The number of nitrogens with zero attached hydrogens (tertiary/aromatic N) is 4. The third-order valence-electron chi connectivity index (χ3n) is 6.03. The van der Waals surface area contributed by atoms with E-state index in [1.807, 2.05) is 11.8 Å². The molecular formula is C20H25F2N5O2. The van der Waals surface area contributed by atoms with Crippen molar-refractivity contribution in [1.29, 1.82) is 0 Å². The Hall–Kier alpha value is -2.39. The molecule has 0 unspecified atom stereocenters. The largest absolute Gasteiger partial charge is 0.375 e. The van der Waals surface area contributed by atoms with Gasteiger partial charge in [-0.2, -0.15) is 5.10 Å². The fourth-order valence-electron chi connectivity index (χ4n) is 4.74. The monoisotopic (exact) mass is 405 g/mol. The predicted octanol–water partition coefficient (Wildman–Crippen LogP) is 1.64. The van der Waals surface area contributed by atoms with Crippen LogP contribution in [0.5, 0.6) is 0 Å². The van der Waals surface area contributed by atoms with Crippen molar-refractivity contribution in [3.63, 3.8) is 0 Å². The number of carbonyl (C=O) groups is 1. The molecule has 3 heterocycles. The number of ether oxygens (including phenoxy) is 1. The number of hydrogen-bond donors (Lipinski definition) is 1. The number of amides is 1. The van der Waals surface area contributed by atoms with Crippen LogP contribution < -0.4 is 0 Å². The molecule has 0 saturated carbocycles. The number of methoxy groups -OCH3 is 1. The van der Waals surface area contributed by atoms with Gasteiger partial charge in [0, 0.05) is 51.8 Å². The molecule has 1 aromatic carbocycles. The minimum Gasteiger partial charge on any atom is -0.375 e. The molecule has 2 atom stereocenters. The van der Waals surface area contributed by atoms with Crippen LogP contribution in [0, 0.1) is 24.5 Å². The zero-order valence-corrected chi connectivity index (χ0v) is 16.6. The Morgan fingerprint density at radius 3 is 2.72 bits per heavy atom. The fourth-order valence-corrected chi connectivity index (χ4v) is 4.74. The zero-order valence-electron chi connectivity index (χ0n) is 16.6. The van der Waals surface area contributed by atoms with Crippen molar-refractivity contribution in [2.75, 3.05) is 39.9 Å². The van der Waals surface area contributed by atoms with Crippen LogP contribution in [0.25, 0.3) is 0 Å². The van der Waals surface area contributed by atoms with Crippen molar-refractivity contribution in [1.82, 2.24) is 25.0 Å². The van der Waals surface area contributed by atoms with Gasteiger partial charge < -0.3 is 9.64 Å². The summed E-state index contributed by atoms with van der Waals surface area (Å²) in [5.41, 5.74) is 0.301. The van der Waals surface area contributed by atoms with E-state index in [4.69, 9.17) is 4.74 Å². The lowest BCUT2D eigenvalue weighted by Gasteiger charge is -2.41. The number of H-pyrrole nitrogens is 1. The van der Waals surface area contributed by atoms with E-state index in [1.54, 1.807) is 0 Å². The normalized spacial score (nSPS) is 24.7. The molecule has 2 aliphatic rings. The van der Waals surface area contributed by atoms with Crippen LogP contribution in [-0.2, 0) is 21.5 Å². The van der Waals surface area contributed by atoms with Gasteiger partial charge in [0.1, 0.15) is 24.1 Å². The van der Waals surface area contributed by atoms with Gasteiger partial charge in [-0.25, -0.2) is 13.8 Å². The number of piperidine rings is 1. The van der Waals surface area contributed by atoms with Gasteiger partial charge in [-0.05, 0) is 31.0 Å². The molecule has 2 saturated heterocycles. The van der Waals surface area contributed by atoms with Crippen molar-refractivity contribution >= 4 is 5.91 Å². The lowest BCUT2D eigenvalue weighted by Crippen LogP contribution is -2.52. The number of halogens is 2. The molecule has 4 rings (SSSR count). The van der Waals surface area contributed by atoms with Gasteiger partial charge in [-0.1, -0.05) is 0 Å². The summed E-state index contributed by atoms with van der Waals surface area (Å²) < 4.78 is 32.2. The number of nitrogens with one attached hydrogen (secondary N) is 1. The van der Waals surface area contributed by atoms with Crippen LogP contribution in [-0.4, -0.2) is 70.8 Å². The molecule has 2 aromatic rings. The van der Waals surface area contributed by atoms with Gasteiger partial charge in [0.2, 0.25) is 5.91 Å². The van der Waals surface area contributed by atoms with Crippen LogP contribution in [0.2, 0.25) is 0 Å². The van der Waals surface area contributed by atoms with Crippen LogP contribution in [0.1, 0.15) is 23.6 Å².